The summed E-state index contributed by atoms with van der Waals surface area (Å²) in [5.41, 5.74) is 1.34. The summed E-state index contributed by atoms with van der Waals surface area (Å²) in [4.78, 5) is 14.3. The van der Waals surface area contributed by atoms with Crippen molar-refractivity contribution in [2.24, 2.45) is 5.92 Å². The predicted octanol–water partition coefficient (Wildman–Crippen LogP) is 3.17. The van der Waals surface area contributed by atoms with Gasteiger partial charge in [0.1, 0.15) is 0 Å². The largest absolute Gasteiger partial charge is 0.393 e. The topological polar surface area (TPSA) is 52.6 Å². The number of halogens is 1. The van der Waals surface area contributed by atoms with Gasteiger partial charge < -0.3 is 15.3 Å². The van der Waals surface area contributed by atoms with Crippen LogP contribution in [0.4, 0.5) is 4.79 Å². The molecule has 0 radical (unpaired) electrons. The Balaban J connectivity index is 1.55. The summed E-state index contributed by atoms with van der Waals surface area (Å²) in [7, 11) is 0. The van der Waals surface area contributed by atoms with Crippen molar-refractivity contribution < 1.29 is 9.90 Å². The molecule has 2 aliphatic rings. The number of nitrogens with zero attached hydrogens (tertiary/aromatic N) is 1. The highest BCUT2D eigenvalue weighted by Gasteiger charge is 2.44. The van der Waals surface area contributed by atoms with Crippen molar-refractivity contribution in [1.29, 1.82) is 0 Å². The summed E-state index contributed by atoms with van der Waals surface area (Å²) < 4.78 is 0. The van der Waals surface area contributed by atoms with Crippen LogP contribution >= 0.6 is 11.6 Å². The van der Waals surface area contributed by atoms with E-state index in [0.29, 0.717) is 13.1 Å². The zero-order chi connectivity index (χ0) is 16.4. The molecule has 1 saturated carbocycles. The lowest BCUT2D eigenvalue weighted by Crippen LogP contribution is -2.48. The number of aliphatic hydroxyl groups excluding tert-OH is 1. The Hall–Kier alpha value is -1.26. The Kier molecular flexibility index (Phi) is 4.83. The third-order valence-corrected chi connectivity index (χ3v) is 5.57. The van der Waals surface area contributed by atoms with Gasteiger partial charge in [0.15, 0.2) is 0 Å². The van der Waals surface area contributed by atoms with E-state index in [-0.39, 0.29) is 23.5 Å². The van der Waals surface area contributed by atoms with E-state index in [1.807, 2.05) is 24.0 Å². The average molecular weight is 337 g/mol. The van der Waals surface area contributed by atoms with Crippen molar-refractivity contribution in [3.8, 4) is 0 Å². The summed E-state index contributed by atoms with van der Waals surface area (Å²) in [5, 5.41) is 13.6. The first-order chi connectivity index (χ1) is 11.0. The molecule has 2 fully saturated rings. The molecule has 23 heavy (non-hydrogen) atoms. The van der Waals surface area contributed by atoms with Crippen LogP contribution in [0, 0.1) is 5.92 Å². The van der Waals surface area contributed by atoms with Gasteiger partial charge in [-0.1, -0.05) is 23.7 Å². The number of hydrogen-bond acceptors (Lipinski definition) is 2. The molecule has 1 aromatic rings. The van der Waals surface area contributed by atoms with Gasteiger partial charge in [-0.25, -0.2) is 4.79 Å². The van der Waals surface area contributed by atoms with Crippen molar-refractivity contribution in [3.63, 3.8) is 0 Å². The summed E-state index contributed by atoms with van der Waals surface area (Å²) in [6.07, 6.45) is 3.81. The van der Waals surface area contributed by atoms with Gasteiger partial charge in [0, 0.05) is 36.0 Å². The normalized spacial score (nSPS) is 24.1. The van der Waals surface area contributed by atoms with Crippen LogP contribution in [-0.2, 0) is 5.41 Å². The fourth-order valence-electron chi connectivity index (χ4n) is 3.47. The minimum atomic E-state index is -0.352. The van der Waals surface area contributed by atoms with E-state index in [0.717, 1.165) is 37.3 Å². The smallest absolute Gasteiger partial charge is 0.317 e. The molecule has 2 atom stereocenters. The number of likely N-dealkylation sites (tertiary alicyclic amines) is 1. The van der Waals surface area contributed by atoms with Crippen LogP contribution < -0.4 is 5.32 Å². The summed E-state index contributed by atoms with van der Waals surface area (Å²) in [6, 6.07) is 7.95. The highest BCUT2D eigenvalue weighted by molar-refractivity contribution is 6.30. The van der Waals surface area contributed by atoms with Gasteiger partial charge >= 0.3 is 6.03 Å². The second-order valence-electron chi connectivity index (χ2n) is 7.03. The third-order valence-electron chi connectivity index (χ3n) is 5.32. The number of urea groups is 1. The van der Waals surface area contributed by atoms with Gasteiger partial charge in [-0.05, 0) is 50.3 Å². The molecule has 1 aromatic carbocycles. The molecule has 1 saturated heterocycles. The molecule has 3 rings (SSSR count). The second-order valence-corrected chi connectivity index (χ2v) is 7.47. The molecule has 2 N–H and O–H groups in total. The third kappa shape index (κ3) is 3.81. The Bertz CT molecular complexity index is 555. The van der Waals surface area contributed by atoms with Crippen LogP contribution in [-0.4, -0.2) is 41.8 Å². The molecular weight excluding hydrogens is 312 g/mol. The lowest BCUT2D eigenvalue weighted by Gasteiger charge is -2.34. The number of amides is 2. The number of nitrogens with one attached hydrogen (secondary N) is 1. The van der Waals surface area contributed by atoms with E-state index in [2.05, 4.69) is 17.4 Å². The molecule has 5 heteroatoms. The van der Waals surface area contributed by atoms with Gasteiger partial charge in [-0.15, -0.1) is 0 Å². The number of rotatable bonds is 4. The maximum atomic E-state index is 12.4. The number of piperidine rings is 1. The Morgan fingerprint density at radius 1 is 1.43 bits per heavy atom. The van der Waals surface area contributed by atoms with Crippen LogP contribution in [0.15, 0.2) is 24.3 Å². The van der Waals surface area contributed by atoms with Crippen molar-refractivity contribution in [2.75, 3.05) is 19.6 Å². The second kappa shape index (κ2) is 6.70. The van der Waals surface area contributed by atoms with Crippen LogP contribution in [0.3, 0.4) is 0 Å². The van der Waals surface area contributed by atoms with E-state index in [4.69, 9.17) is 11.6 Å². The Morgan fingerprint density at radius 3 is 2.74 bits per heavy atom. The lowest BCUT2D eigenvalue weighted by atomic mass is 9.93. The van der Waals surface area contributed by atoms with Crippen molar-refractivity contribution in [1.82, 2.24) is 10.2 Å². The summed E-state index contributed by atoms with van der Waals surface area (Å²) >= 11 is 5.95. The summed E-state index contributed by atoms with van der Waals surface area (Å²) in [6.45, 7) is 3.91. The lowest BCUT2D eigenvalue weighted by molar-refractivity contribution is 0.0738. The zero-order valence-corrected chi connectivity index (χ0v) is 14.4. The Morgan fingerprint density at radius 2 is 2.13 bits per heavy atom. The van der Waals surface area contributed by atoms with Crippen molar-refractivity contribution >= 4 is 17.6 Å². The molecular formula is C18H25ClN2O2. The molecule has 0 bridgehead atoms. The van der Waals surface area contributed by atoms with Crippen molar-refractivity contribution in [3.05, 3.63) is 34.9 Å². The SMILES string of the molecule is CC(O)C1CCCN(C(=O)NCC2(c3ccc(Cl)cc3)CC2)C1. The first-order valence-corrected chi connectivity index (χ1v) is 8.85. The van der Waals surface area contributed by atoms with Crippen molar-refractivity contribution in [2.45, 2.75) is 44.1 Å². The van der Waals surface area contributed by atoms with Gasteiger partial charge in [-0.3, -0.25) is 0 Å². The van der Waals surface area contributed by atoms with Gasteiger partial charge in [0.05, 0.1) is 6.10 Å². The van der Waals surface area contributed by atoms with E-state index in [9.17, 15) is 9.90 Å². The van der Waals surface area contributed by atoms with E-state index in [1.54, 1.807) is 0 Å². The molecule has 126 valence electrons. The molecule has 2 unspecified atom stereocenters. The minimum Gasteiger partial charge on any atom is -0.393 e. The van der Waals surface area contributed by atoms with Crippen LogP contribution in [0.25, 0.3) is 0 Å². The monoisotopic (exact) mass is 336 g/mol. The molecule has 0 aromatic heterocycles. The molecule has 1 aliphatic carbocycles. The number of carbonyl (C=O) groups is 1. The minimum absolute atomic E-state index is 0.00408. The quantitative estimate of drug-likeness (QED) is 0.887. The molecule has 2 amide bonds. The highest BCUT2D eigenvalue weighted by Crippen LogP contribution is 2.47. The van der Waals surface area contributed by atoms with Gasteiger partial charge in [0.2, 0.25) is 0 Å². The molecule has 0 spiro atoms. The van der Waals surface area contributed by atoms with Gasteiger partial charge in [-0.2, -0.15) is 0 Å². The maximum absolute atomic E-state index is 12.4. The van der Waals surface area contributed by atoms with Crippen LogP contribution in [0.2, 0.25) is 5.02 Å². The van der Waals surface area contributed by atoms with Crippen LogP contribution in [0.1, 0.15) is 38.2 Å². The predicted molar refractivity (Wildman–Crippen MR) is 91.7 cm³/mol. The fourth-order valence-corrected chi connectivity index (χ4v) is 3.59. The maximum Gasteiger partial charge on any atom is 0.317 e. The highest BCUT2D eigenvalue weighted by atomic mass is 35.5. The van der Waals surface area contributed by atoms with E-state index in [1.165, 1.54) is 5.56 Å². The number of hydrogen-bond donors (Lipinski definition) is 2. The zero-order valence-electron chi connectivity index (χ0n) is 13.6. The molecule has 1 heterocycles. The fraction of sp³-hybridized carbons (Fsp3) is 0.611. The summed E-state index contributed by atoms with van der Waals surface area (Å²) in [5.74, 6) is 0.195. The van der Waals surface area contributed by atoms with E-state index >= 15 is 0 Å². The molecule has 1 aliphatic heterocycles. The van der Waals surface area contributed by atoms with Crippen LogP contribution in [0.5, 0.6) is 0 Å². The number of aliphatic hydroxyl groups is 1. The Labute approximate surface area is 142 Å². The standard InChI is InChI=1S/C18H25ClN2O2/c1-13(22)14-3-2-10-21(11-14)17(23)20-12-18(8-9-18)15-4-6-16(19)7-5-15/h4-7,13-14,22H,2-3,8-12H2,1H3,(H,20,23). The molecule has 4 nitrogen and oxygen atoms in total. The number of benzene rings is 1. The first-order valence-electron chi connectivity index (χ1n) is 8.47. The number of carbonyl (C=O) groups excluding carboxylic acids is 1. The van der Waals surface area contributed by atoms with E-state index < -0.39 is 0 Å². The first kappa shape index (κ1) is 16.6. The average Bonchev–Trinajstić information content (AvgIpc) is 3.34. The van der Waals surface area contributed by atoms with Gasteiger partial charge in [0.25, 0.3) is 0 Å².